The quantitative estimate of drug-likeness (QED) is 0.695. The van der Waals surface area contributed by atoms with Crippen LogP contribution in [-0.4, -0.2) is 45.2 Å². The molecule has 2 aromatic rings. The highest BCUT2D eigenvalue weighted by atomic mass is 35.5. The first-order valence-corrected chi connectivity index (χ1v) is 10.1. The van der Waals surface area contributed by atoms with Crippen LogP contribution >= 0.6 is 11.6 Å². The monoisotopic (exact) mass is 405 g/mol. The zero-order valence-electron chi connectivity index (χ0n) is 16.7. The Morgan fingerprint density at radius 3 is 2.50 bits per heavy atom. The van der Waals surface area contributed by atoms with Crippen LogP contribution in [0.2, 0.25) is 5.02 Å². The van der Waals surface area contributed by atoms with Crippen LogP contribution in [0.15, 0.2) is 29.1 Å². The van der Waals surface area contributed by atoms with Gasteiger partial charge in [0.15, 0.2) is 0 Å². The van der Waals surface area contributed by atoms with Crippen LogP contribution in [0.1, 0.15) is 37.9 Å². The highest BCUT2D eigenvalue weighted by Crippen LogP contribution is 2.21. The van der Waals surface area contributed by atoms with Crippen molar-refractivity contribution in [2.45, 2.75) is 46.6 Å². The van der Waals surface area contributed by atoms with Crippen molar-refractivity contribution < 1.29 is 9.90 Å². The molecule has 0 fully saturated rings. The molecule has 1 heterocycles. The molecule has 28 heavy (non-hydrogen) atoms. The van der Waals surface area contributed by atoms with Crippen molar-refractivity contribution in [3.8, 4) is 11.4 Å². The zero-order valence-corrected chi connectivity index (χ0v) is 17.5. The number of hydrogen-bond donors (Lipinski definition) is 1. The molecule has 1 aromatic carbocycles. The van der Waals surface area contributed by atoms with E-state index in [1.165, 1.54) is 4.57 Å². The second-order valence-corrected chi connectivity index (χ2v) is 7.19. The van der Waals surface area contributed by atoms with Gasteiger partial charge in [-0.1, -0.05) is 37.6 Å². The third-order valence-corrected chi connectivity index (χ3v) is 4.78. The molecule has 1 N–H and O–H groups in total. The predicted octanol–water partition coefficient (Wildman–Crippen LogP) is 3.06. The number of hydrogen-bond acceptors (Lipinski definition) is 4. The topological polar surface area (TPSA) is 75.4 Å². The van der Waals surface area contributed by atoms with Gasteiger partial charge in [0, 0.05) is 48.0 Å². The molecule has 0 unspecified atom stereocenters. The van der Waals surface area contributed by atoms with E-state index in [9.17, 15) is 14.7 Å². The molecule has 0 aliphatic carbocycles. The Labute approximate surface area is 170 Å². The largest absolute Gasteiger partial charge is 0.396 e. The van der Waals surface area contributed by atoms with E-state index < -0.39 is 0 Å². The van der Waals surface area contributed by atoms with Gasteiger partial charge in [0.05, 0.1) is 0 Å². The fourth-order valence-corrected chi connectivity index (χ4v) is 3.42. The van der Waals surface area contributed by atoms with Crippen molar-refractivity contribution in [3.63, 3.8) is 0 Å². The first-order chi connectivity index (χ1) is 13.4. The lowest BCUT2D eigenvalue weighted by molar-refractivity contribution is -0.132. The van der Waals surface area contributed by atoms with Gasteiger partial charge in [-0.05, 0) is 31.9 Å². The van der Waals surface area contributed by atoms with Gasteiger partial charge >= 0.3 is 0 Å². The third kappa shape index (κ3) is 5.20. The van der Waals surface area contributed by atoms with E-state index in [0.29, 0.717) is 40.8 Å². The van der Waals surface area contributed by atoms with Crippen molar-refractivity contribution in [2.24, 2.45) is 0 Å². The summed E-state index contributed by atoms with van der Waals surface area (Å²) in [5, 5.41) is 9.85. The van der Waals surface area contributed by atoms with Crippen molar-refractivity contribution >= 4 is 17.5 Å². The van der Waals surface area contributed by atoms with E-state index in [1.807, 2.05) is 19.9 Å². The highest BCUT2D eigenvalue weighted by molar-refractivity contribution is 6.30. The summed E-state index contributed by atoms with van der Waals surface area (Å²) in [5.74, 6) is 0.294. The van der Waals surface area contributed by atoms with Crippen molar-refractivity contribution in [3.05, 3.63) is 50.9 Å². The maximum absolute atomic E-state index is 13.1. The molecule has 2 rings (SSSR count). The number of amides is 1. The molecule has 0 bridgehead atoms. The highest BCUT2D eigenvalue weighted by Gasteiger charge is 2.20. The fourth-order valence-electron chi connectivity index (χ4n) is 3.23. The summed E-state index contributed by atoms with van der Waals surface area (Å²) in [6.45, 7) is 6.84. The summed E-state index contributed by atoms with van der Waals surface area (Å²) in [4.78, 5) is 32.4. The third-order valence-electron chi connectivity index (χ3n) is 4.55. The Morgan fingerprint density at radius 1 is 1.25 bits per heavy atom. The van der Waals surface area contributed by atoms with E-state index >= 15 is 0 Å². The van der Waals surface area contributed by atoms with Crippen LogP contribution in [-0.2, 0) is 17.8 Å². The number of halogens is 1. The second-order valence-electron chi connectivity index (χ2n) is 6.76. The maximum Gasteiger partial charge on any atom is 0.257 e. The number of carbonyl (C=O) groups excluding carboxylic acids is 1. The smallest absolute Gasteiger partial charge is 0.257 e. The van der Waals surface area contributed by atoms with Crippen LogP contribution in [0.25, 0.3) is 11.4 Å². The van der Waals surface area contributed by atoms with Crippen LogP contribution in [0, 0.1) is 6.92 Å². The van der Waals surface area contributed by atoms with Gasteiger partial charge in [-0.3, -0.25) is 14.2 Å². The lowest BCUT2D eigenvalue weighted by Gasteiger charge is -2.23. The summed E-state index contributed by atoms with van der Waals surface area (Å²) in [7, 11) is 0. The van der Waals surface area contributed by atoms with Crippen molar-refractivity contribution in [2.75, 3.05) is 19.7 Å². The average Bonchev–Trinajstić information content (AvgIpc) is 2.66. The Hall–Kier alpha value is -2.18. The second kappa shape index (κ2) is 10.4. The molecular weight excluding hydrogens is 378 g/mol. The van der Waals surface area contributed by atoms with Gasteiger partial charge < -0.3 is 10.0 Å². The maximum atomic E-state index is 13.1. The summed E-state index contributed by atoms with van der Waals surface area (Å²) < 4.78 is 1.41. The number of aliphatic hydroxyl groups excluding tert-OH is 1. The van der Waals surface area contributed by atoms with Gasteiger partial charge in [0.25, 0.3) is 5.56 Å². The van der Waals surface area contributed by atoms with Gasteiger partial charge in [-0.2, -0.15) is 0 Å². The summed E-state index contributed by atoms with van der Waals surface area (Å²) >= 11 is 6.12. The normalized spacial score (nSPS) is 10.9. The van der Waals surface area contributed by atoms with Crippen LogP contribution in [0.4, 0.5) is 0 Å². The Kier molecular flexibility index (Phi) is 8.20. The average molecular weight is 406 g/mol. The number of rotatable bonds is 9. The van der Waals surface area contributed by atoms with E-state index in [2.05, 4.69) is 4.98 Å². The van der Waals surface area contributed by atoms with Crippen molar-refractivity contribution in [1.82, 2.24) is 14.5 Å². The zero-order chi connectivity index (χ0) is 20.7. The molecule has 152 valence electrons. The number of carbonyl (C=O) groups is 1. The Morgan fingerprint density at radius 2 is 1.93 bits per heavy atom. The van der Waals surface area contributed by atoms with Gasteiger partial charge in [-0.15, -0.1) is 0 Å². The lowest BCUT2D eigenvalue weighted by Crippen LogP contribution is -2.39. The van der Waals surface area contributed by atoms with Crippen LogP contribution in [0.3, 0.4) is 0 Å². The molecule has 0 aliphatic rings. The van der Waals surface area contributed by atoms with E-state index in [4.69, 9.17) is 11.6 Å². The molecule has 6 nitrogen and oxygen atoms in total. The fraction of sp³-hybridized carbons (Fsp3) is 0.476. The van der Waals surface area contributed by atoms with E-state index in [0.717, 1.165) is 12.8 Å². The van der Waals surface area contributed by atoms with Crippen molar-refractivity contribution in [1.29, 1.82) is 0 Å². The summed E-state index contributed by atoms with van der Waals surface area (Å²) in [6.07, 6.45) is 1.91. The lowest BCUT2D eigenvalue weighted by atomic mass is 10.1. The molecule has 0 saturated heterocycles. The first-order valence-electron chi connectivity index (χ1n) is 9.67. The molecule has 0 radical (unpaired) electrons. The first kappa shape index (κ1) is 22.1. The minimum Gasteiger partial charge on any atom is -0.396 e. The van der Waals surface area contributed by atoms with E-state index in [-0.39, 0.29) is 31.0 Å². The molecule has 7 heteroatoms. The number of nitrogens with zero attached hydrogens (tertiary/aromatic N) is 3. The standard InChI is InChI=1S/C21H28ClN3O3/c1-4-10-24(11-5-2)19(27)14-25-20(16-7-6-8-17(22)13-16)23-15(3)18(9-12-26)21(25)28/h6-8,13,26H,4-5,9-12,14H2,1-3H3. The molecule has 1 aromatic heterocycles. The SMILES string of the molecule is CCCN(CCC)C(=O)Cn1c(-c2cccc(Cl)c2)nc(C)c(CCO)c1=O. The minimum atomic E-state index is -0.294. The van der Waals surface area contributed by atoms with Gasteiger partial charge in [0.2, 0.25) is 5.91 Å². The molecule has 0 spiro atoms. The van der Waals surface area contributed by atoms with Crippen LogP contribution in [0.5, 0.6) is 0 Å². The van der Waals surface area contributed by atoms with Gasteiger partial charge in [0.1, 0.15) is 12.4 Å². The summed E-state index contributed by atoms with van der Waals surface area (Å²) in [5.41, 5.74) is 1.36. The minimum absolute atomic E-state index is 0.0909. The Bertz CT molecular complexity index is 874. The predicted molar refractivity (Wildman–Crippen MR) is 112 cm³/mol. The number of aryl methyl sites for hydroxylation is 1. The van der Waals surface area contributed by atoms with Crippen LogP contribution < -0.4 is 5.56 Å². The molecule has 1 amide bonds. The number of aromatic nitrogens is 2. The molecule has 0 saturated carbocycles. The van der Waals surface area contributed by atoms with Gasteiger partial charge in [-0.25, -0.2) is 4.98 Å². The molecular formula is C21H28ClN3O3. The number of benzene rings is 1. The van der Waals surface area contributed by atoms with E-state index in [1.54, 1.807) is 30.0 Å². The Balaban J connectivity index is 2.57. The molecule has 0 aliphatic heterocycles. The number of aliphatic hydroxyl groups is 1. The summed E-state index contributed by atoms with van der Waals surface area (Å²) in [6, 6.07) is 7.07. The molecule has 0 atom stereocenters.